The number of hydrogen-bond acceptors (Lipinski definition) is 2. The summed E-state index contributed by atoms with van der Waals surface area (Å²) in [4.78, 5) is 27.3. The Hall–Kier alpha value is -1.06. The first kappa shape index (κ1) is 14.9. The Balaban J connectivity index is 1.89. The minimum absolute atomic E-state index is 0.0360. The molecule has 0 radical (unpaired) electrons. The third kappa shape index (κ3) is 2.58. The number of hydrogen-bond donors (Lipinski definition) is 1. The Morgan fingerprint density at radius 3 is 2.43 bits per heavy atom. The number of nitrogens with one attached hydrogen (secondary N) is 1. The van der Waals surface area contributed by atoms with Crippen LogP contribution >= 0.6 is 0 Å². The van der Waals surface area contributed by atoms with E-state index in [0.717, 1.165) is 19.3 Å². The zero-order valence-corrected chi connectivity index (χ0v) is 13.6. The molecule has 2 atom stereocenters. The van der Waals surface area contributed by atoms with E-state index in [1.165, 1.54) is 19.3 Å². The predicted molar refractivity (Wildman–Crippen MR) is 81.6 cm³/mol. The summed E-state index contributed by atoms with van der Waals surface area (Å²) >= 11 is 0. The maximum Gasteiger partial charge on any atom is 0.248 e. The van der Waals surface area contributed by atoms with E-state index in [-0.39, 0.29) is 23.3 Å². The lowest BCUT2D eigenvalue weighted by Crippen LogP contribution is -2.60. The molecule has 3 rings (SSSR count). The van der Waals surface area contributed by atoms with Gasteiger partial charge in [-0.3, -0.25) is 9.59 Å². The molecule has 0 bridgehead atoms. The van der Waals surface area contributed by atoms with E-state index in [2.05, 4.69) is 24.1 Å². The summed E-state index contributed by atoms with van der Waals surface area (Å²) in [6, 6.07) is 0.282. The Bertz CT molecular complexity index is 456. The summed E-state index contributed by atoms with van der Waals surface area (Å²) in [7, 11) is 0. The van der Waals surface area contributed by atoms with Gasteiger partial charge < -0.3 is 10.2 Å². The molecule has 1 heterocycles. The van der Waals surface area contributed by atoms with Crippen LogP contribution in [0.2, 0.25) is 0 Å². The molecule has 1 N–H and O–H groups in total. The van der Waals surface area contributed by atoms with Crippen molar-refractivity contribution in [3.05, 3.63) is 0 Å². The highest BCUT2D eigenvalue weighted by Crippen LogP contribution is 2.44. The minimum atomic E-state index is -0.666. The maximum atomic E-state index is 13.2. The fourth-order valence-corrected chi connectivity index (χ4v) is 4.32. The lowest BCUT2D eigenvalue weighted by molar-refractivity contribution is -0.144. The molecule has 3 aliphatic rings. The van der Waals surface area contributed by atoms with Gasteiger partial charge in [-0.2, -0.15) is 0 Å². The van der Waals surface area contributed by atoms with Crippen LogP contribution in [-0.2, 0) is 9.59 Å². The number of rotatable bonds is 2. The van der Waals surface area contributed by atoms with E-state index in [4.69, 9.17) is 0 Å². The lowest BCUT2D eigenvalue weighted by Gasteiger charge is -2.47. The Morgan fingerprint density at radius 2 is 1.81 bits per heavy atom. The van der Waals surface area contributed by atoms with Crippen LogP contribution in [-0.4, -0.2) is 34.8 Å². The molecule has 2 unspecified atom stereocenters. The second-order valence-corrected chi connectivity index (χ2v) is 8.02. The average Bonchev–Trinajstić information content (AvgIpc) is 3.23. The Kier molecular flexibility index (Phi) is 3.53. The van der Waals surface area contributed by atoms with Gasteiger partial charge in [0.2, 0.25) is 11.8 Å². The number of nitrogens with zero attached hydrogens (tertiary/aromatic N) is 1. The van der Waals surface area contributed by atoms with Gasteiger partial charge in [0, 0.05) is 19.0 Å². The van der Waals surface area contributed by atoms with Crippen LogP contribution in [0.1, 0.15) is 65.7 Å². The van der Waals surface area contributed by atoms with Crippen LogP contribution in [0.25, 0.3) is 0 Å². The molecular formula is C17H28N2O2. The summed E-state index contributed by atoms with van der Waals surface area (Å²) in [6.45, 7) is 7.08. The third-order valence-corrected chi connectivity index (χ3v) is 5.90. The molecule has 0 aromatic rings. The molecule has 0 aromatic heterocycles. The highest BCUT2D eigenvalue weighted by Gasteiger charge is 2.53. The maximum absolute atomic E-state index is 13.2. The van der Waals surface area contributed by atoms with Gasteiger partial charge in [0.25, 0.3) is 0 Å². The molecule has 118 valence electrons. The van der Waals surface area contributed by atoms with E-state index in [1.807, 2.05) is 6.92 Å². The SMILES string of the molecule is CC1(C)CCCCC1N1CCC(=O)NC(C)(C2CC2)C1=O. The summed E-state index contributed by atoms with van der Waals surface area (Å²) in [5.41, 5.74) is -0.507. The van der Waals surface area contributed by atoms with Crippen molar-refractivity contribution in [2.75, 3.05) is 6.54 Å². The molecular weight excluding hydrogens is 264 g/mol. The number of carbonyl (C=O) groups excluding carboxylic acids is 2. The highest BCUT2D eigenvalue weighted by atomic mass is 16.2. The van der Waals surface area contributed by atoms with E-state index < -0.39 is 5.54 Å². The Morgan fingerprint density at radius 1 is 1.10 bits per heavy atom. The predicted octanol–water partition coefficient (Wildman–Crippen LogP) is 2.47. The van der Waals surface area contributed by atoms with Crippen molar-refractivity contribution in [1.29, 1.82) is 0 Å². The van der Waals surface area contributed by atoms with E-state index in [0.29, 0.717) is 18.9 Å². The zero-order chi connectivity index (χ0) is 15.3. The van der Waals surface area contributed by atoms with Gasteiger partial charge in [0.15, 0.2) is 0 Å². The van der Waals surface area contributed by atoms with E-state index in [1.54, 1.807) is 0 Å². The van der Waals surface area contributed by atoms with Crippen molar-refractivity contribution in [3.8, 4) is 0 Å². The van der Waals surface area contributed by atoms with Crippen molar-refractivity contribution in [1.82, 2.24) is 10.2 Å². The first-order valence-electron chi connectivity index (χ1n) is 8.47. The quantitative estimate of drug-likeness (QED) is 0.850. The highest BCUT2D eigenvalue weighted by molar-refractivity contribution is 5.94. The molecule has 21 heavy (non-hydrogen) atoms. The molecule has 1 aliphatic heterocycles. The summed E-state index contributed by atoms with van der Waals surface area (Å²) in [5, 5.41) is 3.03. The second kappa shape index (κ2) is 4.99. The standard InChI is InChI=1S/C17H28N2O2/c1-16(2)10-5-4-6-13(16)19-11-9-14(20)18-17(3,15(19)21)12-7-8-12/h12-13H,4-11H2,1-3H3,(H,18,20). The molecule has 0 spiro atoms. The minimum Gasteiger partial charge on any atom is -0.342 e. The molecule has 1 saturated heterocycles. The van der Waals surface area contributed by atoms with Crippen molar-refractivity contribution in [2.45, 2.75) is 77.3 Å². The van der Waals surface area contributed by atoms with Crippen LogP contribution in [0.3, 0.4) is 0 Å². The van der Waals surface area contributed by atoms with Crippen LogP contribution in [0.4, 0.5) is 0 Å². The summed E-state index contributed by atoms with van der Waals surface area (Å²) in [5.74, 6) is 0.533. The fraction of sp³-hybridized carbons (Fsp3) is 0.882. The Labute approximate surface area is 127 Å². The molecule has 2 saturated carbocycles. The molecule has 3 fully saturated rings. The first-order chi connectivity index (χ1) is 9.84. The van der Waals surface area contributed by atoms with E-state index in [9.17, 15) is 9.59 Å². The summed E-state index contributed by atoms with van der Waals surface area (Å²) < 4.78 is 0. The van der Waals surface area contributed by atoms with Gasteiger partial charge in [-0.25, -0.2) is 0 Å². The normalized spacial score (nSPS) is 37.1. The van der Waals surface area contributed by atoms with Crippen molar-refractivity contribution in [3.63, 3.8) is 0 Å². The molecule has 4 heteroatoms. The first-order valence-corrected chi connectivity index (χ1v) is 8.47. The lowest BCUT2D eigenvalue weighted by atomic mass is 9.72. The van der Waals surface area contributed by atoms with Crippen molar-refractivity contribution < 1.29 is 9.59 Å². The monoisotopic (exact) mass is 292 g/mol. The molecule has 2 aliphatic carbocycles. The van der Waals surface area contributed by atoms with Crippen LogP contribution < -0.4 is 5.32 Å². The molecule has 0 aromatic carbocycles. The van der Waals surface area contributed by atoms with Gasteiger partial charge in [0.1, 0.15) is 5.54 Å². The smallest absolute Gasteiger partial charge is 0.248 e. The largest absolute Gasteiger partial charge is 0.342 e. The van der Waals surface area contributed by atoms with E-state index >= 15 is 0 Å². The van der Waals surface area contributed by atoms with Crippen LogP contribution in [0, 0.1) is 11.3 Å². The van der Waals surface area contributed by atoms with Crippen LogP contribution in [0.15, 0.2) is 0 Å². The van der Waals surface area contributed by atoms with Crippen molar-refractivity contribution >= 4 is 11.8 Å². The van der Waals surface area contributed by atoms with Crippen molar-refractivity contribution in [2.24, 2.45) is 11.3 Å². The van der Waals surface area contributed by atoms with Crippen LogP contribution in [0.5, 0.6) is 0 Å². The average molecular weight is 292 g/mol. The van der Waals surface area contributed by atoms with Gasteiger partial charge in [-0.1, -0.05) is 26.7 Å². The fourth-order valence-electron chi connectivity index (χ4n) is 4.32. The summed E-state index contributed by atoms with van der Waals surface area (Å²) in [6.07, 6.45) is 7.26. The number of amides is 2. The molecule has 4 nitrogen and oxygen atoms in total. The van der Waals surface area contributed by atoms with Gasteiger partial charge in [-0.05, 0) is 43.9 Å². The third-order valence-electron chi connectivity index (χ3n) is 5.90. The van der Waals surface area contributed by atoms with Gasteiger partial charge in [0.05, 0.1) is 0 Å². The molecule has 2 amide bonds. The topological polar surface area (TPSA) is 49.4 Å². The zero-order valence-electron chi connectivity index (χ0n) is 13.6. The number of carbonyl (C=O) groups is 2. The van der Waals surface area contributed by atoms with Gasteiger partial charge in [-0.15, -0.1) is 0 Å². The second-order valence-electron chi connectivity index (χ2n) is 8.02. The van der Waals surface area contributed by atoms with Gasteiger partial charge >= 0.3 is 0 Å².